The van der Waals surface area contributed by atoms with Gasteiger partial charge in [0.25, 0.3) is 10.0 Å². The Bertz CT molecular complexity index is 732. The smallest absolute Gasteiger partial charge is 0.262 e. The van der Waals surface area contributed by atoms with Crippen LogP contribution in [0.3, 0.4) is 0 Å². The second-order valence-electron chi connectivity index (χ2n) is 4.78. The Balaban J connectivity index is 2.50. The lowest BCUT2D eigenvalue weighted by Gasteiger charge is -2.14. The summed E-state index contributed by atoms with van der Waals surface area (Å²) in [5.74, 6) is 0. The van der Waals surface area contributed by atoms with E-state index in [2.05, 4.69) is 9.71 Å². The topological polar surface area (TPSA) is 85.1 Å². The number of nitrogens with two attached hydrogens (primary N) is 1. The van der Waals surface area contributed by atoms with Crippen LogP contribution >= 0.6 is 0 Å². The van der Waals surface area contributed by atoms with E-state index in [4.69, 9.17) is 5.73 Å². The molecule has 1 heterocycles. The van der Waals surface area contributed by atoms with E-state index in [-0.39, 0.29) is 4.90 Å². The number of anilines is 2. The number of benzene rings is 1. The molecule has 0 atom stereocenters. The molecule has 0 saturated heterocycles. The van der Waals surface area contributed by atoms with Gasteiger partial charge in [0.15, 0.2) is 0 Å². The minimum atomic E-state index is -3.65. The summed E-state index contributed by atoms with van der Waals surface area (Å²) >= 11 is 0. The molecule has 0 saturated carbocycles. The number of nitrogens with zero attached hydrogens (tertiary/aromatic N) is 1. The predicted octanol–water partition coefficient (Wildman–Crippen LogP) is 2.39. The highest BCUT2D eigenvalue weighted by Crippen LogP contribution is 2.26. The van der Waals surface area contributed by atoms with Crippen molar-refractivity contribution in [3.8, 4) is 0 Å². The van der Waals surface area contributed by atoms with Gasteiger partial charge in [0.1, 0.15) is 0 Å². The predicted molar refractivity (Wildman–Crippen MR) is 80.1 cm³/mol. The van der Waals surface area contributed by atoms with Crippen LogP contribution in [0.5, 0.6) is 0 Å². The van der Waals surface area contributed by atoms with Crippen molar-refractivity contribution in [2.45, 2.75) is 25.7 Å². The minimum Gasteiger partial charge on any atom is -0.399 e. The highest BCUT2D eigenvalue weighted by molar-refractivity contribution is 7.92. The Morgan fingerprint density at radius 1 is 1.10 bits per heavy atom. The van der Waals surface area contributed by atoms with Gasteiger partial charge < -0.3 is 5.73 Å². The largest absolute Gasteiger partial charge is 0.399 e. The standard InChI is InChI=1S/C14H17N3O2S/c1-9-6-12(15)7-10(2)14(9)20(18,19)17-13-4-5-16-8-11(13)3/h4-8H,15H2,1-3H3,(H,16,17). The van der Waals surface area contributed by atoms with Crippen molar-refractivity contribution in [3.05, 3.63) is 47.3 Å². The van der Waals surface area contributed by atoms with Gasteiger partial charge >= 0.3 is 0 Å². The van der Waals surface area contributed by atoms with Crippen molar-refractivity contribution >= 4 is 21.4 Å². The molecule has 1 aromatic heterocycles. The number of nitrogens with one attached hydrogen (secondary N) is 1. The fourth-order valence-corrected chi connectivity index (χ4v) is 3.78. The van der Waals surface area contributed by atoms with Crippen LogP contribution in [-0.4, -0.2) is 13.4 Å². The monoisotopic (exact) mass is 291 g/mol. The zero-order valence-electron chi connectivity index (χ0n) is 11.6. The second kappa shape index (κ2) is 5.13. The molecule has 6 heteroatoms. The SMILES string of the molecule is Cc1cnccc1NS(=O)(=O)c1c(C)cc(N)cc1C. The van der Waals surface area contributed by atoms with Crippen LogP contribution in [0.25, 0.3) is 0 Å². The average Bonchev–Trinajstić information content (AvgIpc) is 2.30. The van der Waals surface area contributed by atoms with Gasteiger partial charge in [-0.15, -0.1) is 0 Å². The van der Waals surface area contributed by atoms with Crippen molar-refractivity contribution in [3.63, 3.8) is 0 Å². The Hall–Kier alpha value is -2.08. The first-order valence-corrected chi connectivity index (χ1v) is 7.60. The molecular formula is C14H17N3O2S. The van der Waals surface area contributed by atoms with Crippen LogP contribution in [0.1, 0.15) is 16.7 Å². The maximum atomic E-state index is 12.5. The number of hydrogen-bond donors (Lipinski definition) is 2. The van der Waals surface area contributed by atoms with Gasteiger partial charge in [-0.05, 0) is 55.7 Å². The second-order valence-corrected chi connectivity index (χ2v) is 6.40. The van der Waals surface area contributed by atoms with Crippen LogP contribution in [0.4, 0.5) is 11.4 Å². The quantitative estimate of drug-likeness (QED) is 0.850. The van der Waals surface area contributed by atoms with E-state index < -0.39 is 10.0 Å². The normalized spacial score (nSPS) is 11.3. The molecule has 5 nitrogen and oxygen atoms in total. The summed E-state index contributed by atoms with van der Waals surface area (Å²) < 4.78 is 27.7. The summed E-state index contributed by atoms with van der Waals surface area (Å²) in [6, 6.07) is 4.94. The maximum absolute atomic E-state index is 12.5. The van der Waals surface area contributed by atoms with Crippen molar-refractivity contribution in [2.75, 3.05) is 10.5 Å². The van der Waals surface area contributed by atoms with E-state index in [1.807, 2.05) is 0 Å². The fraction of sp³-hybridized carbons (Fsp3) is 0.214. The molecule has 0 aliphatic rings. The van der Waals surface area contributed by atoms with Crippen LogP contribution in [-0.2, 0) is 10.0 Å². The maximum Gasteiger partial charge on any atom is 0.262 e. The Morgan fingerprint density at radius 2 is 1.70 bits per heavy atom. The third-order valence-corrected chi connectivity index (χ3v) is 4.69. The average molecular weight is 291 g/mol. The van der Waals surface area contributed by atoms with Gasteiger partial charge in [-0.2, -0.15) is 0 Å². The molecule has 0 bridgehead atoms. The number of sulfonamides is 1. The van der Waals surface area contributed by atoms with Gasteiger partial charge in [-0.1, -0.05) is 0 Å². The summed E-state index contributed by atoms with van der Waals surface area (Å²) in [5.41, 5.74) is 8.82. The van der Waals surface area contributed by atoms with Gasteiger partial charge in [-0.25, -0.2) is 8.42 Å². The molecule has 106 valence electrons. The van der Waals surface area contributed by atoms with Gasteiger partial charge in [0, 0.05) is 18.1 Å². The van der Waals surface area contributed by atoms with Crippen LogP contribution in [0.15, 0.2) is 35.5 Å². The van der Waals surface area contributed by atoms with Gasteiger partial charge in [0.2, 0.25) is 0 Å². The van der Waals surface area contributed by atoms with Crippen LogP contribution in [0, 0.1) is 20.8 Å². The molecular weight excluding hydrogens is 274 g/mol. The third-order valence-electron chi connectivity index (χ3n) is 3.02. The molecule has 0 radical (unpaired) electrons. The van der Waals surface area contributed by atoms with E-state index in [1.54, 1.807) is 51.4 Å². The van der Waals surface area contributed by atoms with Crippen molar-refractivity contribution in [1.29, 1.82) is 0 Å². The molecule has 1 aromatic carbocycles. The lowest BCUT2D eigenvalue weighted by Crippen LogP contribution is -2.16. The first-order chi connectivity index (χ1) is 9.31. The van der Waals surface area contributed by atoms with E-state index in [9.17, 15) is 8.42 Å². The van der Waals surface area contributed by atoms with Crippen molar-refractivity contribution in [2.24, 2.45) is 0 Å². The van der Waals surface area contributed by atoms with Gasteiger partial charge in [-0.3, -0.25) is 9.71 Å². The number of rotatable bonds is 3. The number of nitrogen functional groups attached to an aromatic ring is 1. The molecule has 0 fully saturated rings. The summed E-state index contributed by atoms with van der Waals surface area (Å²) in [7, 11) is -3.65. The molecule has 0 amide bonds. The summed E-state index contributed by atoms with van der Waals surface area (Å²) in [4.78, 5) is 4.21. The molecule has 2 aromatic rings. The van der Waals surface area contributed by atoms with E-state index >= 15 is 0 Å². The first kappa shape index (κ1) is 14.3. The van der Waals surface area contributed by atoms with Gasteiger partial charge in [0.05, 0.1) is 10.6 Å². The molecule has 0 unspecified atom stereocenters. The lowest BCUT2D eigenvalue weighted by molar-refractivity contribution is 0.600. The van der Waals surface area contributed by atoms with Crippen LogP contribution < -0.4 is 10.5 Å². The van der Waals surface area contributed by atoms with E-state index in [1.165, 1.54) is 0 Å². The molecule has 0 aliphatic carbocycles. The van der Waals surface area contributed by atoms with Crippen molar-refractivity contribution in [1.82, 2.24) is 4.98 Å². The third kappa shape index (κ3) is 2.75. The Kier molecular flexibility index (Phi) is 3.67. The van der Waals surface area contributed by atoms with E-state index in [0.29, 0.717) is 22.5 Å². The summed E-state index contributed by atoms with van der Waals surface area (Å²) in [6.07, 6.45) is 3.16. The minimum absolute atomic E-state index is 0.267. The molecule has 3 N–H and O–H groups in total. The Morgan fingerprint density at radius 3 is 2.25 bits per heavy atom. The summed E-state index contributed by atoms with van der Waals surface area (Å²) in [5, 5.41) is 0. The number of pyridine rings is 1. The lowest BCUT2D eigenvalue weighted by atomic mass is 10.1. The number of aryl methyl sites for hydroxylation is 3. The zero-order valence-corrected chi connectivity index (χ0v) is 12.5. The molecule has 0 aliphatic heterocycles. The highest BCUT2D eigenvalue weighted by atomic mass is 32.2. The zero-order chi connectivity index (χ0) is 14.9. The van der Waals surface area contributed by atoms with Crippen molar-refractivity contribution < 1.29 is 8.42 Å². The summed E-state index contributed by atoms with van der Waals surface area (Å²) in [6.45, 7) is 5.27. The highest BCUT2D eigenvalue weighted by Gasteiger charge is 2.20. The number of hydrogen-bond acceptors (Lipinski definition) is 4. The fourth-order valence-electron chi connectivity index (χ4n) is 2.19. The number of aromatic nitrogens is 1. The molecule has 20 heavy (non-hydrogen) atoms. The molecule has 2 rings (SSSR count). The van der Waals surface area contributed by atoms with E-state index in [0.717, 1.165) is 5.56 Å². The van der Waals surface area contributed by atoms with Crippen LogP contribution in [0.2, 0.25) is 0 Å². The Labute approximate surface area is 118 Å². The molecule has 0 spiro atoms. The first-order valence-electron chi connectivity index (χ1n) is 6.11.